The molecule has 2 saturated heterocycles. The highest BCUT2D eigenvalue weighted by Gasteiger charge is 2.32. The SMILES string of the molecule is CCC(CC)C(=O)N1CCCN(C(=O)C2CCC(=O)N2)CC1. The van der Waals surface area contributed by atoms with Gasteiger partial charge in [-0.25, -0.2) is 0 Å². The number of hydrogen-bond acceptors (Lipinski definition) is 3. The highest BCUT2D eigenvalue weighted by atomic mass is 16.2. The van der Waals surface area contributed by atoms with Crippen LogP contribution >= 0.6 is 0 Å². The van der Waals surface area contributed by atoms with Crippen LogP contribution < -0.4 is 5.32 Å². The molecule has 1 atom stereocenters. The Balaban J connectivity index is 1.90. The van der Waals surface area contributed by atoms with Gasteiger partial charge in [-0.15, -0.1) is 0 Å². The van der Waals surface area contributed by atoms with Crippen molar-refractivity contribution >= 4 is 17.7 Å². The van der Waals surface area contributed by atoms with Crippen molar-refractivity contribution in [2.24, 2.45) is 5.92 Å². The maximum absolute atomic E-state index is 12.5. The van der Waals surface area contributed by atoms with Gasteiger partial charge in [-0.2, -0.15) is 0 Å². The first-order valence-electron chi connectivity index (χ1n) is 8.43. The van der Waals surface area contributed by atoms with Crippen LogP contribution in [0.15, 0.2) is 0 Å². The maximum Gasteiger partial charge on any atom is 0.245 e. The Hall–Kier alpha value is -1.59. The summed E-state index contributed by atoms with van der Waals surface area (Å²) in [6.07, 6.45) is 3.55. The zero-order valence-electron chi connectivity index (χ0n) is 13.6. The van der Waals surface area contributed by atoms with Crippen molar-refractivity contribution in [2.45, 2.75) is 52.0 Å². The maximum atomic E-state index is 12.5. The predicted octanol–water partition coefficient (Wildman–Crippen LogP) is 0.762. The summed E-state index contributed by atoms with van der Waals surface area (Å²) in [5.74, 6) is 0.270. The Kier molecular flexibility index (Phi) is 5.80. The van der Waals surface area contributed by atoms with Gasteiger partial charge in [0.05, 0.1) is 0 Å². The third kappa shape index (κ3) is 3.78. The summed E-state index contributed by atoms with van der Waals surface area (Å²) in [5, 5.41) is 2.73. The quantitative estimate of drug-likeness (QED) is 0.833. The predicted molar refractivity (Wildman–Crippen MR) is 83.0 cm³/mol. The van der Waals surface area contributed by atoms with Gasteiger partial charge in [0.1, 0.15) is 6.04 Å². The fourth-order valence-electron chi connectivity index (χ4n) is 3.27. The summed E-state index contributed by atoms with van der Waals surface area (Å²) < 4.78 is 0. The largest absolute Gasteiger partial charge is 0.344 e. The summed E-state index contributed by atoms with van der Waals surface area (Å²) in [6.45, 7) is 6.64. The van der Waals surface area contributed by atoms with Crippen molar-refractivity contribution in [2.75, 3.05) is 26.2 Å². The number of nitrogens with one attached hydrogen (secondary N) is 1. The van der Waals surface area contributed by atoms with Gasteiger partial charge < -0.3 is 15.1 Å². The second-order valence-corrected chi connectivity index (χ2v) is 6.18. The summed E-state index contributed by atoms with van der Waals surface area (Å²) in [4.78, 5) is 39.8. The third-order valence-electron chi connectivity index (χ3n) is 4.75. The van der Waals surface area contributed by atoms with Crippen molar-refractivity contribution in [3.63, 3.8) is 0 Å². The molecule has 0 spiro atoms. The Labute approximate surface area is 132 Å². The molecule has 2 aliphatic rings. The van der Waals surface area contributed by atoms with Crippen LogP contribution in [0.4, 0.5) is 0 Å². The minimum Gasteiger partial charge on any atom is -0.344 e. The summed E-state index contributed by atoms with van der Waals surface area (Å²) in [6, 6.07) is -0.367. The molecule has 6 heteroatoms. The van der Waals surface area contributed by atoms with Gasteiger partial charge in [-0.1, -0.05) is 13.8 Å². The van der Waals surface area contributed by atoms with E-state index >= 15 is 0 Å². The standard InChI is InChI=1S/C16H27N3O3/c1-3-12(4-2)15(21)18-8-5-9-19(11-10-18)16(22)13-6-7-14(20)17-13/h12-13H,3-11H2,1-2H3,(H,17,20). The van der Waals surface area contributed by atoms with Crippen molar-refractivity contribution in [1.29, 1.82) is 0 Å². The van der Waals surface area contributed by atoms with Gasteiger partial charge in [0.15, 0.2) is 0 Å². The van der Waals surface area contributed by atoms with Crippen LogP contribution in [-0.2, 0) is 14.4 Å². The molecule has 0 saturated carbocycles. The van der Waals surface area contributed by atoms with E-state index in [2.05, 4.69) is 5.32 Å². The number of carbonyl (C=O) groups excluding carboxylic acids is 3. The van der Waals surface area contributed by atoms with E-state index in [0.29, 0.717) is 32.5 Å². The minimum absolute atomic E-state index is 0.00248. The fourth-order valence-corrected chi connectivity index (χ4v) is 3.27. The lowest BCUT2D eigenvalue weighted by atomic mass is 10.0. The van der Waals surface area contributed by atoms with Crippen LogP contribution in [0.2, 0.25) is 0 Å². The molecule has 2 fully saturated rings. The van der Waals surface area contributed by atoms with Crippen LogP contribution in [0.25, 0.3) is 0 Å². The minimum atomic E-state index is -0.367. The Morgan fingerprint density at radius 1 is 1.14 bits per heavy atom. The smallest absolute Gasteiger partial charge is 0.245 e. The molecule has 0 aromatic carbocycles. The summed E-state index contributed by atoms with van der Waals surface area (Å²) in [7, 11) is 0. The Bertz CT molecular complexity index is 434. The molecule has 3 amide bonds. The number of rotatable bonds is 4. The molecule has 2 rings (SSSR count). The van der Waals surface area contributed by atoms with Crippen molar-refractivity contribution < 1.29 is 14.4 Å². The number of hydrogen-bond donors (Lipinski definition) is 1. The Morgan fingerprint density at radius 3 is 2.36 bits per heavy atom. The highest BCUT2D eigenvalue weighted by molar-refractivity contribution is 5.90. The molecule has 124 valence electrons. The van der Waals surface area contributed by atoms with Crippen molar-refractivity contribution in [3.05, 3.63) is 0 Å². The van der Waals surface area contributed by atoms with E-state index in [4.69, 9.17) is 0 Å². The normalized spacial score (nSPS) is 22.7. The van der Waals surface area contributed by atoms with Crippen LogP contribution in [0.3, 0.4) is 0 Å². The molecule has 22 heavy (non-hydrogen) atoms. The molecule has 1 unspecified atom stereocenters. The second-order valence-electron chi connectivity index (χ2n) is 6.18. The zero-order chi connectivity index (χ0) is 16.1. The van der Waals surface area contributed by atoms with E-state index in [1.165, 1.54) is 0 Å². The van der Waals surface area contributed by atoms with Crippen LogP contribution in [-0.4, -0.2) is 59.7 Å². The zero-order valence-corrected chi connectivity index (χ0v) is 13.6. The summed E-state index contributed by atoms with van der Waals surface area (Å²) in [5.41, 5.74) is 0. The Morgan fingerprint density at radius 2 is 1.77 bits per heavy atom. The first-order valence-corrected chi connectivity index (χ1v) is 8.43. The van der Waals surface area contributed by atoms with Crippen LogP contribution in [0.5, 0.6) is 0 Å². The van der Waals surface area contributed by atoms with Crippen molar-refractivity contribution in [1.82, 2.24) is 15.1 Å². The number of nitrogens with zero attached hydrogens (tertiary/aromatic N) is 2. The van der Waals surface area contributed by atoms with E-state index in [9.17, 15) is 14.4 Å². The van der Waals surface area contributed by atoms with Gasteiger partial charge in [-0.05, 0) is 25.7 Å². The molecular formula is C16H27N3O3. The van der Waals surface area contributed by atoms with E-state index in [0.717, 1.165) is 25.8 Å². The number of carbonyl (C=O) groups is 3. The molecule has 1 N–H and O–H groups in total. The van der Waals surface area contributed by atoms with Gasteiger partial charge >= 0.3 is 0 Å². The highest BCUT2D eigenvalue weighted by Crippen LogP contribution is 2.16. The number of amides is 3. The van der Waals surface area contributed by atoms with Gasteiger partial charge in [0.25, 0.3) is 0 Å². The van der Waals surface area contributed by atoms with Crippen molar-refractivity contribution in [3.8, 4) is 0 Å². The lowest BCUT2D eigenvalue weighted by molar-refractivity contribution is -0.137. The lowest BCUT2D eigenvalue weighted by Gasteiger charge is -2.26. The van der Waals surface area contributed by atoms with E-state index < -0.39 is 0 Å². The van der Waals surface area contributed by atoms with E-state index in [-0.39, 0.29) is 29.7 Å². The average molecular weight is 309 g/mol. The summed E-state index contributed by atoms with van der Waals surface area (Å²) >= 11 is 0. The van der Waals surface area contributed by atoms with E-state index in [1.807, 2.05) is 18.7 Å². The molecule has 0 bridgehead atoms. The van der Waals surface area contributed by atoms with Gasteiger partial charge in [0, 0.05) is 38.5 Å². The van der Waals surface area contributed by atoms with Crippen LogP contribution in [0, 0.1) is 5.92 Å². The average Bonchev–Trinajstić information content (AvgIpc) is 2.81. The first-order chi connectivity index (χ1) is 10.6. The fraction of sp³-hybridized carbons (Fsp3) is 0.812. The lowest BCUT2D eigenvalue weighted by Crippen LogP contribution is -2.46. The molecular weight excluding hydrogens is 282 g/mol. The molecule has 2 aliphatic heterocycles. The molecule has 0 aromatic rings. The second kappa shape index (κ2) is 7.61. The van der Waals surface area contributed by atoms with Gasteiger partial charge in [0.2, 0.25) is 17.7 Å². The third-order valence-corrected chi connectivity index (χ3v) is 4.75. The molecule has 0 aromatic heterocycles. The topological polar surface area (TPSA) is 69.7 Å². The molecule has 0 radical (unpaired) electrons. The molecule has 2 heterocycles. The van der Waals surface area contributed by atoms with Crippen LogP contribution in [0.1, 0.15) is 46.0 Å². The van der Waals surface area contributed by atoms with Gasteiger partial charge in [-0.3, -0.25) is 14.4 Å². The molecule has 0 aliphatic carbocycles. The molecule has 6 nitrogen and oxygen atoms in total. The van der Waals surface area contributed by atoms with E-state index in [1.54, 1.807) is 4.90 Å². The monoisotopic (exact) mass is 309 g/mol. The first kappa shape index (κ1) is 16.8.